The molecule has 0 unspecified atom stereocenters. The number of nitrogens with zero attached hydrogens (tertiary/aromatic N) is 3. The van der Waals surface area contributed by atoms with Crippen LogP contribution in [-0.4, -0.2) is 19.9 Å². The summed E-state index contributed by atoms with van der Waals surface area (Å²) in [6.07, 6.45) is 0. The lowest BCUT2D eigenvalue weighted by atomic mass is 10.6. The van der Waals surface area contributed by atoms with E-state index in [1.54, 1.807) is 11.7 Å². The van der Waals surface area contributed by atoms with Gasteiger partial charge in [0.25, 0.3) is 0 Å². The average molecular weight is 127 g/mol. The maximum Gasteiger partial charge on any atom is 0.176 e. The lowest BCUT2D eigenvalue weighted by Gasteiger charge is -1.85. The second-order valence-corrected chi connectivity index (χ2v) is 1.86. The van der Waals surface area contributed by atoms with Crippen molar-refractivity contribution < 1.29 is 5.11 Å². The molecule has 1 N–H and O–H groups in total. The minimum absolute atomic E-state index is 0.0817. The van der Waals surface area contributed by atoms with E-state index in [-0.39, 0.29) is 6.61 Å². The molecule has 1 aromatic rings. The second-order valence-electron chi connectivity index (χ2n) is 1.86. The molecule has 0 amide bonds. The zero-order chi connectivity index (χ0) is 6.85. The molecule has 0 spiro atoms. The van der Waals surface area contributed by atoms with Crippen molar-refractivity contribution in [2.45, 2.75) is 13.5 Å². The summed E-state index contributed by atoms with van der Waals surface area (Å²) >= 11 is 0. The Morgan fingerprint density at radius 1 is 1.67 bits per heavy atom. The molecule has 0 saturated carbocycles. The molecule has 0 aromatic carbocycles. The van der Waals surface area contributed by atoms with Crippen LogP contribution in [0, 0.1) is 6.92 Å². The molecule has 0 aliphatic rings. The Balaban J connectivity index is 2.98. The molecule has 0 bridgehead atoms. The number of hydrogen-bond acceptors (Lipinski definition) is 3. The highest BCUT2D eigenvalue weighted by Gasteiger charge is 1.98. The van der Waals surface area contributed by atoms with Crippen LogP contribution in [0.25, 0.3) is 0 Å². The van der Waals surface area contributed by atoms with E-state index in [1.165, 1.54) is 0 Å². The molecule has 0 radical (unpaired) electrons. The van der Waals surface area contributed by atoms with Gasteiger partial charge in [0, 0.05) is 7.05 Å². The van der Waals surface area contributed by atoms with Crippen molar-refractivity contribution in [3.05, 3.63) is 11.6 Å². The molecule has 1 aromatic heterocycles. The predicted molar refractivity (Wildman–Crippen MR) is 31.7 cm³/mol. The quantitative estimate of drug-likeness (QED) is 0.559. The summed E-state index contributed by atoms with van der Waals surface area (Å²) in [6.45, 7) is 1.76. The van der Waals surface area contributed by atoms with Crippen molar-refractivity contribution in [1.82, 2.24) is 14.8 Å². The molecule has 0 atom stereocenters. The Hall–Kier alpha value is -0.900. The summed E-state index contributed by atoms with van der Waals surface area (Å²) in [5.74, 6) is 1.30. The number of aliphatic hydroxyl groups is 1. The van der Waals surface area contributed by atoms with Crippen LogP contribution in [0.5, 0.6) is 0 Å². The molecular weight excluding hydrogens is 118 g/mol. The van der Waals surface area contributed by atoms with Gasteiger partial charge in [0.1, 0.15) is 12.4 Å². The summed E-state index contributed by atoms with van der Waals surface area (Å²) < 4.78 is 1.63. The fourth-order valence-electron chi connectivity index (χ4n) is 0.594. The number of aliphatic hydroxyl groups excluding tert-OH is 1. The number of rotatable bonds is 1. The van der Waals surface area contributed by atoms with Crippen molar-refractivity contribution in [2.24, 2.45) is 7.05 Å². The van der Waals surface area contributed by atoms with Gasteiger partial charge in [-0.15, -0.1) is 0 Å². The average Bonchev–Trinajstić information content (AvgIpc) is 2.13. The van der Waals surface area contributed by atoms with Gasteiger partial charge < -0.3 is 5.11 Å². The summed E-state index contributed by atoms with van der Waals surface area (Å²) in [5.41, 5.74) is 0. The summed E-state index contributed by atoms with van der Waals surface area (Å²) in [4.78, 5) is 3.93. The molecule has 1 rings (SSSR count). The maximum absolute atomic E-state index is 8.54. The van der Waals surface area contributed by atoms with Gasteiger partial charge in [0.05, 0.1) is 0 Å². The highest BCUT2D eigenvalue weighted by Crippen LogP contribution is 1.92. The Morgan fingerprint density at radius 3 is 2.56 bits per heavy atom. The molecule has 4 nitrogen and oxygen atoms in total. The first-order valence-electron chi connectivity index (χ1n) is 2.71. The topological polar surface area (TPSA) is 50.9 Å². The van der Waals surface area contributed by atoms with Crippen molar-refractivity contribution >= 4 is 0 Å². The Labute approximate surface area is 53.1 Å². The van der Waals surface area contributed by atoms with E-state index >= 15 is 0 Å². The zero-order valence-electron chi connectivity index (χ0n) is 5.50. The first-order chi connectivity index (χ1) is 4.24. The van der Waals surface area contributed by atoms with Crippen LogP contribution in [-0.2, 0) is 13.7 Å². The SMILES string of the molecule is Cc1nc(CO)nn1C. The van der Waals surface area contributed by atoms with Crippen LogP contribution in [0.3, 0.4) is 0 Å². The molecular formula is C5H9N3O. The summed E-state index contributed by atoms with van der Waals surface area (Å²) in [6, 6.07) is 0. The number of aryl methyl sites for hydroxylation is 2. The van der Waals surface area contributed by atoms with E-state index in [9.17, 15) is 0 Å². The third-order valence-corrected chi connectivity index (χ3v) is 1.17. The Morgan fingerprint density at radius 2 is 2.33 bits per heavy atom. The van der Waals surface area contributed by atoms with Gasteiger partial charge in [-0.25, -0.2) is 4.98 Å². The lowest BCUT2D eigenvalue weighted by Crippen LogP contribution is -1.93. The van der Waals surface area contributed by atoms with E-state index < -0.39 is 0 Å². The lowest BCUT2D eigenvalue weighted by molar-refractivity contribution is 0.271. The molecule has 0 aliphatic heterocycles. The minimum atomic E-state index is -0.0817. The first kappa shape index (κ1) is 6.22. The van der Waals surface area contributed by atoms with Crippen molar-refractivity contribution in [3.8, 4) is 0 Å². The summed E-state index contributed by atoms with van der Waals surface area (Å²) in [5, 5.41) is 12.4. The van der Waals surface area contributed by atoms with Gasteiger partial charge in [-0.2, -0.15) is 5.10 Å². The van der Waals surface area contributed by atoms with E-state index in [0.717, 1.165) is 5.82 Å². The van der Waals surface area contributed by atoms with E-state index in [0.29, 0.717) is 5.82 Å². The molecule has 0 saturated heterocycles. The van der Waals surface area contributed by atoms with Gasteiger partial charge in [-0.3, -0.25) is 4.68 Å². The standard InChI is InChI=1S/C5H9N3O/c1-4-6-5(3-9)7-8(4)2/h9H,3H2,1-2H3. The van der Waals surface area contributed by atoms with Crippen LogP contribution >= 0.6 is 0 Å². The number of hydrogen-bond donors (Lipinski definition) is 1. The van der Waals surface area contributed by atoms with E-state index in [1.807, 2.05) is 6.92 Å². The molecule has 9 heavy (non-hydrogen) atoms. The highest BCUT2D eigenvalue weighted by molar-refractivity contribution is 4.87. The Kier molecular flexibility index (Phi) is 1.48. The van der Waals surface area contributed by atoms with E-state index in [4.69, 9.17) is 5.11 Å². The fourth-order valence-corrected chi connectivity index (χ4v) is 0.594. The van der Waals surface area contributed by atoms with Crippen molar-refractivity contribution in [2.75, 3.05) is 0 Å². The second kappa shape index (κ2) is 2.14. The monoisotopic (exact) mass is 127 g/mol. The van der Waals surface area contributed by atoms with Crippen molar-refractivity contribution in [1.29, 1.82) is 0 Å². The third-order valence-electron chi connectivity index (χ3n) is 1.17. The molecule has 0 fully saturated rings. The van der Waals surface area contributed by atoms with Gasteiger partial charge in [0.2, 0.25) is 0 Å². The van der Waals surface area contributed by atoms with E-state index in [2.05, 4.69) is 10.1 Å². The molecule has 4 heteroatoms. The van der Waals surface area contributed by atoms with Crippen LogP contribution in [0.15, 0.2) is 0 Å². The van der Waals surface area contributed by atoms with Crippen LogP contribution in [0.1, 0.15) is 11.6 Å². The van der Waals surface area contributed by atoms with Crippen LogP contribution in [0.2, 0.25) is 0 Å². The normalized spacial score (nSPS) is 10.1. The first-order valence-corrected chi connectivity index (χ1v) is 2.71. The van der Waals surface area contributed by atoms with Gasteiger partial charge in [-0.05, 0) is 6.92 Å². The summed E-state index contributed by atoms with van der Waals surface area (Å²) in [7, 11) is 1.79. The van der Waals surface area contributed by atoms with Crippen LogP contribution < -0.4 is 0 Å². The van der Waals surface area contributed by atoms with Crippen LogP contribution in [0.4, 0.5) is 0 Å². The molecule has 50 valence electrons. The number of aromatic nitrogens is 3. The maximum atomic E-state index is 8.54. The molecule has 0 aliphatic carbocycles. The largest absolute Gasteiger partial charge is 0.388 e. The predicted octanol–water partition coefficient (Wildman–Crippen LogP) is -0.384. The van der Waals surface area contributed by atoms with Gasteiger partial charge in [0.15, 0.2) is 5.82 Å². The zero-order valence-corrected chi connectivity index (χ0v) is 5.50. The van der Waals surface area contributed by atoms with Gasteiger partial charge in [-0.1, -0.05) is 0 Å². The third kappa shape index (κ3) is 1.08. The van der Waals surface area contributed by atoms with Gasteiger partial charge >= 0.3 is 0 Å². The Bertz CT molecular complexity index is 186. The minimum Gasteiger partial charge on any atom is -0.388 e. The smallest absolute Gasteiger partial charge is 0.176 e. The highest BCUT2D eigenvalue weighted by atomic mass is 16.3. The van der Waals surface area contributed by atoms with Crippen molar-refractivity contribution in [3.63, 3.8) is 0 Å². The molecule has 1 heterocycles. The fraction of sp³-hybridized carbons (Fsp3) is 0.600.